The number of hydrogen-bond acceptors (Lipinski definition) is 3. The molecule has 2 heterocycles. The van der Waals surface area contributed by atoms with Crippen molar-refractivity contribution in [3.63, 3.8) is 0 Å². The second-order valence-electron chi connectivity index (χ2n) is 5.15. The molecular formula is C15H13F3N4O. The van der Waals surface area contributed by atoms with E-state index >= 15 is 0 Å². The van der Waals surface area contributed by atoms with Gasteiger partial charge in [-0.2, -0.15) is 13.2 Å². The van der Waals surface area contributed by atoms with E-state index in [2.05, 4.69) is 10.3 Å². The molecule has 0 unspecified atom stereocenters. The van der Waals surface area contributed by atoms with Crippen molar-refractivity contribution >= 4 is 22.4 Å². The lowest BCUT2D eigenvalue weighted by atomic mass is 10.2. The molecule has 0 atom stereocenters. The topological polar surface area (TPSA) is 51.9 Å². The smallest absolute Gasteiger partial charge is 0.355 e. The number of imidazole rings is 1. The van der Waals surface area contributed by atoms with Crippen molar-refractivity contribution in [3.05, 3.63) is 52.7 Å². The number of hydrogen-bond donors (Lipinski definition) is 1. The Hall–Kier alpha value is -2.77. The number of nitrogens with zero attached hydrogens (tertiary/aromatic N) is 3. The predicted molar refractivity (Wildman–Crippen MR) is 80.7 cm³/mol. The molecule has 3 aromatic rings. The summed E-state index contributed by atoms with van der Waals surface area (Å²) >= 11 is 0. The van der Waals surface area contributed by atoms with Gasteiger partial charge >= 0.3 is 11.9 Å². The normalized spacial score (nSPS) is 11.9. The number of anilines is 2. The quantitative estimate of drug-likeness (QED) is 0.789. The molecule has 0 aliphatic carbocycles. The van der Waals surface area contributed by atoms with Crippen LogP contribution in [0.1, 0.15) is 5.56 Å². The molecule has 120 valence electrons. The molecule has 2 aromatic heterocycles. The van der Waals surface area contributed by atoms with Crippen LogP contribution >= 0.6 is 0 Å². The predicted octanol–water partition coefficient (Wildman–Crippen LogP) is 3.03. The van der Waals surface area contributed by atoms with Crippen molar-refractivity contribution in [1.82, 2.24) is 14.1 Å². The van der Waals surface area contributed by atoms with Gasteiger partial charge in [0.05, 0.1) is 22.3 Å². The fourth-order valence-corrected chi connectivity index (χ4v) is 2.47. The van der Waals surface area contributed by atoms with Gasteiger partial charge in [-0.25, -0.2) is 4.79 Å². The second-order valence-corrected chi connectivity index (χ2v) is 5.15. The molecule has 0 aliphatic rings. The van der Waals surface area contributed by atoms with Crippen LogP contribution < -0.4 is 11.0 Å². The number of nitrogens with one attached hydrogen (secondary N) is 1. The largest absolute Gasteiger partial charge is 0.419 e. The zero-order valence-electron chi connectivity index (χ0n) is 12.3. The number of rotatable bonds is 2. The number of fused-ring (bicyclic) bond motifs is 1. The van der Waals surface area contributed by atoms with E-state index in [1.807, 2.05) is 0 Å². The van der Waals surface area contributed by atoms with Crippen molar-refractivity contribution in [3.8, 4) is 0 Å². The maximum Gasteiger partial charge on any atom is 0.419 e. The minimum Gasteiger partial charge on any atom is -0.355 e. The second kappa shape index (κ2) is 5.15. The molecule has 1 N–H and O–H groups in total. The molecule has 1 aromatic carbocycles. The molecule has 0 spiro atoms. The van der Waals surface area contributed by atoms with Crippen LogP contribution in [0, 0.1) is 0 Å². The van der Waals surface area contributed by atoms with Gasteiger partial charge in [0.1, 0.15) is 0 Å². The third-order valence-electron chi connectivity index (χ3n) is 3.68. The SMILES string of the molecule is Cn1c(=O)n(C)c2cc(Nc3ccncc3C(F)(F)F)ccc21. The summed E-state index contributed by atoms with van der Waals surface area (Å²) in [5, 5.41) is 2.74. The zero-order chi connectivity index (χ0) is 16.8. The van der Waals surface area contributed by atoms with E-state index in [0.717, 1.165) is 6.20 Å². The number of pyridine rings is 1. The first kappa shape index (κ1) is 15.1. The summed E-state index contributed by atoms with van der Waals surface area (Å²) in [4.78, 5) is 15.4. The Labute approximate surface area is 129 Å². The molecule has 23 heavy (non-hydrogen) atoms. The highest BCUT2D eigenvalue weighted by Gasteiger charge is 2.33. The van der Waals surface area contributed by atoms with Crippen LogP contribution in [-0.4, -0.2) is 14.1 Å². The molecule has 0 radical (unpaired) electrons. The van der Waals surface area contributed by atoms with Crippen LogP contribution in [0.3, 0.4) is 0 Å². The third-order valence-corrected chi connectivity index (χ3v) is 3.68. The fourth-order valence-electron chi connectivity index (χ4n) is 2.47. The lowest BCUT2D eigenvalue weighted by molar-refractivity contribution is -0.137. The monoisotopic (exact) mass is 322 g/mol. The van der Waals surface area contributed by atoms with E-state index in [4.69, 9.17) is 0 Å². The van der Waals surface area contributed by atoms with E-state index in [-0.39, 0.29) is 11.4 Å². The number of alkyl halides is 3. The Balaban J connectivity index is 2.07. The highest BCUT2D eigenvalue weighted by Crippen LogP contribution is 2.35. The first-order chi connectivity index (χ1) is 10.8. The van der Waals surface area contributed by atoms with Crippen molar-refractivity contribution in [2.24, 2.45) is 14.1 Å². The van der Waals surface area contributed by atoms with E-state index in [9.17, 15) is 18.0 Å². The molecule has 0 saturated heterocycles. The number of aromatic nitrogens is 3. The Morgan fingerprint density at radius 2 is 1.78 bits per heavy atom. The van der Waals surface area contributed by atoms with Crippen LogP contribution in [0.2, 0.25) is 0 Å². The average molecular weight is 322 g/mol. The van der Waals surface area contributed by atoms with Crippen molar-refractivity contribution < 1.29 is 13.2 Å². The summed E-state index contributed by atoms with van der Waals surface area (Å²) in [7, 11) is 3.25. The maximum atomic E-state index is 13.0. The van der Waals surface area contributed by atoms with Gasteiger partial charge in [0.25, 0.3) is 0 Å². The van der Waals surface area contributed by atoms with E-state index < -0.39 is 11.7 Å². The Morgan fingerprint density at radius 1 is 1.09 bits per heavy atom. The standard InChI is InChI=1S/C15H13F3N4O/c1-21-12-4-3-9(7-13(12)22(2)14(21)23)20-11-5-6-19-8-10(11)15(16,17)18/h3-8H,1-2H3,(H,19,20). The van der Waals surface area contributed by atoms with Gasteiger partial charge in [-0.05, 0) is 24.3 Å². The van der Waals surface area contributed by atoms with E-state index in [1.54, 1.807) is 32.3 Å². The number of benzene rings is 1. The van der Waals surface area contributed by atoms with Crippen LogP contribution in [0.5, 0.6) is 0 Å². The van der Waals surface area contributed by atoms with Gasteiger partial charge in [-0.3, -0.25) is 14.1 Å². The lowest BCUT2D eigenvalue weighted by Gasteiger charge is -2.14. The highest BCUT2D eigenvalue weighted by atomic mass is 19.4. The molecule has 0 bridgehead atoms. The summed E-state index contributed by atoms with van der Waals surface area (Å²) in [6.45, 7) is 0. The summed E-state index contributed by atoms with van der Waals surface area (Å²) < 4.78 is 41.9. The van der Waals surface area contributed by atoms with Gasteiger partial charge < -0.3 is 5.32 Å². The average Bonchev–Trinajstić information content (AvgIpc) is 2.71. The van der Waals surface area contributed by atoms with Gasteiger partial charge in [0.15, 0.2) is 0 Å². The molecule has 8 heteroatoms. The zero-order valence-corrected chi connectivity index (χ0v) is 12.3. The molecule has 3 rings (SSSR count). The summed E-state index contributed by atoms with van der Waals surface area (Å²) in [5.41, 5.74) is 0.654. The molecule has 0 saturated carbocycles. The van der Waals surface area contributed by atoms with E-state index in [1.165, 1.54) is 21.4 Å². The molecule has 0 aliphatic heterocycles. The lowest BCUT2D eigenvalue weighted by Crippen LogP contribution is -2.19. The van der Waals surface area contributed by atoms with Gasteiger partial charge in [0, 0.05) is 32.2 Å². The molecular weight excluding hydrogens is 309 g/mol. The van der Waals surface area contributed by atoms with Gasteiger partial charge in [0.2, 0.25) is 0 Å². The van der Waals surface area contributed by atoms with Crippen molar-refractivity contribution in [1.29, 1.82) is 0 Å². The summed E-state index contributed by atoms with van der Waals surface area (Å²) in [6, 6.07) is 6.21. The number of halogens is 3. The third kappa shape index (κ3) is 2.56. The first-order valence-corrected chi connectivity index (χ1v) is 6.73. The number of aryl methyl sites for hydroxylation is 2. The van der Waals surface area contributed by atoms with Gasteiger partial charge in [-0.15, -0.1) is 0 Å². The summed E-state index contributed by atoms with van der Waals surface area (Å²) in [6.07, 6.45) is -2.44. The minimum atomic E-state index is -4.50. The molecule has 0 amide bonds. The first-order valence-electron chi connectivity index (χ1n) is 6.73. The fraction of sp³-hybridized carbons (Fsp3) is 0.200. The molecule has 0 fully saturated rings. The summed E-state index contributed by atoms with van der Waals surface area (Å²) in [5.74, 6) is 0. The van der Waals surface area contributed by atoms with E-state index in [0.29, 0.717) is 16.7 Å². The Morgan fingerprint density at radius 3 is 2.48 bits per heavy atom. The highest BCUT2D eigenvalue weighted by molar-refractivity contribution is 5.81. The Kier molecular flexibility index (Phi) is 3.39. The minimum absolute atomic E-state index is 0.0900. The maximum absolute atomic E-state index is 13.0. The van der Waals surface area contributed by atoms with Gasteiger partial charge in [-0.1, -0.05) is 0 Å². The Bertz CT molecular complexity index is 940. The van der Waals surface area contributed by atoms with Crippen LogP contribution in [0.25, 0.3) is 11.0 Å². The van der Waals surface area contributed by atoms with Crippen molar-refractivity contribution in [2.75, 3.05) is 5.32 Å². The molecule has 5 nitrogen and oxygen atoms in total. The van der Waals surface area contributed by atoms with Crippen LogP contribution in [0.4, 0.5) is 24.5 Å². The van der Waals surface area contributed by atoms with Crippen LogP contribution in [-0.2, 0) is 20.3 Å². The van der Waals surface area contributed by atoms with Crippen molar-refractivity contribution in [2.45, 2.75) is 6.18 Å². The van der Waals surface area contributed by atoms with Crippen LogP contribution in [0.15, 0.2) is 41.5 Å².